The Labute approximate surface area is 133 Å². The van der Waals surface area contributed by atoms with Crippen LogP contribution in [0.3, 0.4) is 0 Å². The predicted octanol–water partition coefficient (Wildman–Crippen LogP) is 3.22. The number of carbonyl (C=O) groups is 1. The van der Waals surface area contributed by atoms with E-state index in [4.69, 9.17) is 9.47 Å². The Morgan fingerprint density at radius 1 is 1.45 bits per heavy atom. The number of fused-ring (bicyclic) bond motifs is 1. The molecule has 1 unspecified atom stereocenters. The quantitative estimate of drug-likeness (QED) is 0.743. The van der Waals surface area contributed by atoms with Crippen molar-refractivity contribution in [2.75, 3.05) is 18.6 Å². The van der Waals surface area contributed by atoms with Crippen LogP contribution in [0.15, 0.2) is 18.2 Å². The van der Waals surface area contributed by atoms with E-state index in [0.717, 1.165) is 21.4 Å². The summed E-state index contributed by atoms with van der Waals surface area (Å²) in [6, 6.07) is 5.90. The molecule has 0 bridgehead atoms. The second-order valence-corrected chi connectivity index (χ2v) is 6.82. The maximum absolute atomic E-state index is 12.3. The monoisotopic (exact) mass is 389 g/mol. The van der Waals surface area contributed by atoms with Crippen molar-refractivity contribution in [3.05, 3.63) is 21.8 Å². The Morgan fingerprint density at radius 2 is 2.15 bits per heavy atom. The number of hydrogen-bond donors (Lipinski definition) is 0. The van der Waals surface area contributed by atoms with Crippen molar-refractivity contribution in [3.63, 3.8) is 0 Å². The van der Waals surface area contributed by atoms with E-state index < -0.39 is 6.10 Å². The molecule has 2 rings (SSSR count). The summed E-state index contributed by atoms with van der Waals surface area (Å²) >= 11 is 2.24. The summed E-state index contributed by atoms with van der Waals surface area (Å²) in [5.74, 6) is 0.782. The summed E-state index contributed by atoms with van der Waals surface area (Å²) in [5, 5.41) is 0. The summed E-state index contributed by atoms with van der Waals surface area (Å²) in [5.41, 5.74) is 0.603. The largest absolute Gasteiger partial charge is 0.479 e. The molecule has 0 saturated carbocycles. The molecule has 0 radical (unpaired) electrons. The lowest BCUT2D eigenvalue weighted by Gasteiger charge is -2.35. The van der Waals surface area contributed by atoms with Gasteiger partial charge in [-0.2, -0.15) is 0 Å². The molecule has 20 heavy (non-hydrogen) atoms. The number of methoxy groups -OCH3 is 1. The van der Waals surface area contributed by atoms with Crippen LogP contribution < -0.4 is 9.64 Å². The number of hydrogen-bond acceptors (Lipinski definition) is 3. The van der Waals surface area contributed by atoms with Crippen LogP contribution in [0.4, 0.5) is 5.69 Å². The second-order valence-electron chi connectivity index (χ2n) is 5.58. The third-order valence-electron chi connectivity index (χ3n) is 3.62. The van der Waals surface area contributed by atoms with Gasteiger partial charge in [-0.3, -0.25) is 4.79 Å². The second kappa shape index (κ2) is 5.89. The summed E-state index contributed by atoms with van der Waals surface area (Å²) in [6.45, 7) is 6.47. The maximum atomic E-state index is 12.3. The van der Waals surface area contributed by atoms with Gasteiger partial charge in [-0.05, 0) is 68.0 Å². The van der Waals surface area contributed by atoms with Gasteiger partial charge in [0.25, 0.3) is 5.91 Å². The molecule has 1 aliphatic rings. The topological polar surface area (TPSA) is 38.8 Å². The fourth-order valence-electron chi connectivity index (χ4n) is 2.10. The van der Waals surface area contributed by atoms with Crippen LogP contribution in [0.25, 0.3) is 0 Å². The van der Waals surface area contributed by atoms with Gasteiger partial charge < -0.3 is 14.4 Å². The lowest BCUT2D eigenvalue weighted by Crippen LogP contribution is -2.46. The van der Waals surface area contributed by atoms with Crippen LogP contribution >= 0.6 is 22.6 Å². The highest BCUT2D eigenvalue weighted by molar-refractivity contribution is 14.1. The fourth-order valence-corrected chi connectivity index (χ4v) is 2.56. The molecule has 5 heteroatoms. The van der Waals surface area contributed by atoms with Gasteiger partial charge in [-0.25, -0.2) is 0 Å². The molecule has 0 aromatic heterocycles. The van der Waals surface area contributed by atoms with Crippen molar-refractivity contribution in [2.45, 2.75) is 38.9 Å². The number of anilines is 1. The number of amides is 1. The van der Waals surface area contributed by atoms with Gasteiger partial charge in [-0.15, -0.1) is 0 Å². The molecule has 1 aromatic rings. The smallest absolute Gasteiger partial charge is 0.267 e. The first kappa shape index (κ1) is 15.6. The molecule has 0 spiro atoms. The van der Waals surface area contributed by atoms with Gasteiger partial charge in [0.15, 0.2) is 6.10 Å². The van der Waals surface area contributed by atoms with E-state index in [-0.39, 0.29) is 11.5 Å². The number of nitrogens with zero attached hydrogens (tertiary/aromatic N) is 1. The van der Waals surface area contributed by atoms with Gasteiger partial charge in [0.05, 0.1) is 11.3 Å². The first-order chi connectivity index (χ1) is 9.34. The minimum absolute atomic E-state index is 0.00520. The van der Waals surface area contributed by atoms with Crippen LogP contribution in [0.5, 0.6) is 5.75 Å². The van der Waals surface area contributed by atoms with Gasteiger partial charge in [-0.1, -0.05) is 0 Å². The molecule has 0 N–H and O–H groups in total. The molecule has 0 saturated heterocycles. The highest BCUT2D eigenvalue weighted by atomic mass is 127. The lowest BCUT2D eigenvalue weighted by atomic mass is 10.0. The van der Waals surface area contributed by atoms with E-state index in [2.05, 4.69) is 22.6 Å². The minimum atomic E-state index is -0.439. The first-order valence-corrected chi connectivity index (χ1v) is 7.75. The number of benzene rings is 1. The number of rotatable bonds is 4. The van der Waals surface area contributed by atoms with Gasteiger partial charge >= 0.3 is 0 Å². The van der Waals surface area contributed by atoms with E-state index in [9.17, 15) is 4.79 Å². The average molecular weight is 389 g/mol. The SMILES string of the molecule is COC(C)(C)CCN1C(=O)C(C)Oc2cc(I)ccc21. The summed E-state index contributed by atoms with van der Waals surface area (Å²) in [4.78, 5) is 14.1. The van der Waals surface area contributed by atoms with E-state index >= 15 is 0 Å². The van der Waals surface area contributed by atoms with Crippen molar-refractivity contribution >= 4 is 34.2 Å². The van der Waals surface area contributed by atoms with Crippen LogP contribution in [0.1, 0.15) is 27.2 Å². The highest BCUT2D eigenvalue weighted by Crippen LogP contribution is 2.35. The average Bonchev–Trinajstić information content (AvgIpc) is 2.39. The molecule has 1 atom stereocenters. The predicted molar refractivity (Wildman–Crippen MR) is 87.3 cm³/mol. The van der Waals surface area contributed by atoms with Gasteiger partial charge in [0, 0.05) is 17.2 Å². The van der Waals surface area contributed by atoms with Crippen molar-refractivity contribution < 1.29 is 14.3 Å². The highest BCUT2D eigenvalue weighted by Gasteiger charge is 2.32. The zero-order chi connectivity index (χ0) is 14.9. The minimum Gasteiger partial charge on any atom is -0.479 e. The van der Waals surface area contributed by atoms with E-state index in [0.29, 0.717) is 6.54 Å². The summed E-state index contributed by atoms with van der Waals surface area (Å²) in [6.07, 6.45) is 0.333. The van der Waals surface area contributed by atoms with Gasteiger partial charge in [0.2, 0.25) is 0 Å². The summed E-state index contributed by atoms with van der Waals surface area (Å²) in [7, 11) is 1.69. The number of halogens is 1. The maximum Gasteiger partial charge on any atom is 0.267 e. The van der Waals surface area contributed by atoms with Crippen molar-refractivity contribution in [2.24, 2.45) is 0 Å². The Kier molecular flexibility index (Phi) is 4.59. The van der Waals surface area contributed by atoms with E-state index in [1.165, 1.54) is 0 Å². The first-order valence-electron chi connectivity index (χ1n) is 6.67. The summed E-state index contributed by atoms with van der Waals surface area (Å²) < 4.78 is 12.2. The van der Waals surface area contributed by atoms with E-state index in [1.807, 2.05) is 32.0 Å². The van der Waals surface area contributed by atoms with Crippen LogP contribution in [0.2, 0.25) is 0 Å². The van der Waals surface area contributed by atoms with E-state index in [1.54, 1.807) is 18.9 Å². The molecular weight excluding hydrogens is 369 g/mol. The van der Waals surface area contributed by atoms with Crippen LogP contribution in [-0.2, 0) is 9.53 Å². The Bertz CT molecular complexity index is 516. The molecule has 1 aliphatic heterocycles. The normalized spacial score (nSPS) is 18.8. The van der Waals surface area contributed by atoms with Crippen molar-refractivity contribution in [1.29, 1.82) is 0 Å². The van der Waals surface area contributed by atoms with Gasteiger partial charge in [0.1, 0.15) is 5.75 Å². The third-order valence-corrected chi connectivity index (χ3v) is 4.29. The molecule has 4 nitrogen and oxygen atoms in total. The molecule has 1 aromatic carbocycles. The molecule has 0 aliphatic carbocycles. The van der Waals surface area contributed by atoms with Crippen LogP contribution in [0, 0.1) is 3.57 Å². The molecule has 1 amide bonds. The lowest BCUT2D eigenvalue weighted by molar-refractivity contribution is -0.125. The molecule has 110 valence electrons. The Morgan fingerprint density at radius 3 is 2.80 bits per heavy atom. The molecular formula is C15H20INO3. The molecule has 1 heterocycles. The standard InChI is InChI=1S/C15H20INO3/c1-10-14(18)17(8-7-15(2,3)19-4)12-6-5-11(16)9-13(12)20-10/h5-6,9-10H,7-8H2,1-4H3. The van der Waals surface area contributed by atoms with Crippen molar-refractivity contribution in [3.8, 4) is 5.75 Å². The number of carbonyl (C=O) groups excluding carboxylic acids is 1. The fraction of sp³-hybridized carbons (Fsp3) is 0.533. The number of ether oxygens (including phenoxy) is 2. The van der Waals surface area contributed by atoms with Crippen molar-refractivity contribution in [1.82, 2.24) is 0 Å². The zero-order valence-electron chi connectivity index (χ0n) is 12.3. The molecule has 0 fully saturated rings. The third kappa shape index (κ3) is 3.25. The Hall–Kier alpha value is -0.820. The zero-order valence-corrected chi connectivity index (χ0v) is 14.4. The Balaban J connectivity index is 2.25. The van der Waals surface area contributed by atoms with Crippen LogP contribution in [-0.4, -0.2) is 31.3 Å².